The van der Waals surface area contributed by atoms with E-state index in [0.29, 0.717) is 15.1 Å². The van der Waals surface area contributed by atoms with E-state index in [-0.39, 0.29) is 7.92 Å². The van der Waals surface area contributed by atoms with Crippen LogP contribution in [0.15, 0.2) is 23.5 Å². The van der Waals surface area contributed by atoms with Crippen LogP contribution < -0.4 is 0 Å². The molecule has 1 aliphatic rings. The van der Waals surface area contributed by atoms with Crippen LogP contribution in [0.5, 0.6) is 0 Å². The van der Waals surface area contributed by atoms with E-state index < -0.39 is 0 Å². The van der Waals surface area contributed by atoms with Crippen LogP contribution in [0.3, 0.4) is 0 Å². The van der Waals surface area contributed by atoms with Gasteiger partial charge < -0.3 is 0 Å². The zero-order chi connectivity index (χ0) is 11.9. The molecule has 1 atom stereocenters. The average Bonchev–Trinajstić information content (AvgIpc) is 2.30. The molecule has 0 amide bonds. The molecule has 1 aliphatic carbocycles. The topological polar surface area (TPSA) is 0 Å². The summed E-state index contributed by atoms with van der Waals surface area (Å²) in [5.74, 6) is 0. The third-order valence-electron chi connectivity index (χ3n) is 2.42. The molecule has 0 aromatic heterocycles. The summed E-state index contributed by atoms with van der Waals surface area (Å²) in [5.41, 5.74) is 0. The van der Waals surface area contributed by atoms with Crippen LogP contribution >= 0.6 is 7.92 Å². The minimum absolute atomic E-state index is 0.147. The van der Waals surface area contributed by atoms with Crippen molar-refractivity contribution in [1.29, 1.82) is 0 Å². The van der Waals surface area contributed by atoms with Gasteiger partial charge >= 0.3 is 104 Å². The number of rotatable bonds is 1. The summed E-state index contributed by atoms with van der Waals surface area (Å²) in [4.78, 5) is 0.398. The molecule has 0 aliphatic heterocycles. The SMILES string of the molecule is CC(C)(C)P(C1=CC=C[CH]1[Fe])C(C)(C)C. The third kappa shape index (κ3) is 3.19. The van der Waals surface area contributed by atoms with E-state index in [1.807, 2.05) is 0 Å². The van der Waals surface area contributed by atoms with Gasteiger partial charge in [0.05, 0.1) is 0 Å². The summed E-state index contributed by atoms with van der Waals surface area (Å²) in [6, 6.07) is 0. The standard InChI is InChI=1S/C13H22P.Fe/c1-12(2,3)14(13(4,5)6)11-9-7-8-10-11;/h7-10H,1-6H3;. The summed E-state index contributed by atoms with van der Waals surface area (Å²) in [5, 5.41) is 2.29. The Labute approximate surface area is 104 Å². The molecule has 0 aromatic carbocycles. The van der Waals surface area contributed by atoms with Crippen molar-refractivity contribution in [2.45, 2.75) is 56.7 Å². The normalized spacial score (nSPS) is 22.4. The fourth-order valence-electron chi connectivity index (χ4n) is 2.41. The van der Waals surface area contributed by atoms with Gasteiger partial charge in [0.2, 0.25) is 0 Å². The van der Waals surface area contributed by atoms with Crippen molar-refractivity contribution >= 4 is 7.92 Å². The number of hydrogen-bond donors (Lipinski definition) is 0. The van der Waals surface area contributed by atoms with Gasteiger partial charge in [-0.05, 0) is 0 Å². The summed E-state index contributed by atoms with van der Waals surface area (Å²) in [7, 11) is -0.147. The molecule has 2 heteroatoms. The second-order valence-electron chi connectivity index (χ2n) is 6.04. The Kier molecular flexibility index (Phi) is 3.92. The molecule has 0 heterocycles. The van der Waals surface area contributed by atoms with E-state index in [0.717, 1.165) is 0 Å². The van der Waals surface area contributed by atoms with E-state index >= 15 is 0 Å². The molecular formula is C13H22FeP. The summed E-state index contributed by atoms with van der Waals surface area (Å²) in [6.07, 6.45) is 6.67. The molecule has 0 radical (unpaired) electrons. The van der Waals surface area contributed by atoms with Gasteiger partial charge in [-0.15, -0.1) is 0 Å². The number of hydrogen-bond acceptors (Lipinski definition) is 0. The summed E-state index contributed by atoms with van der Waals surface area (Å²) in [6.45, 7) is 14.1. The molecule has 0 saturated carbocycles. The van der Waals surface area contributed by atoms with Gasteiger partial charge in [0, 0.05) is 0 Å². The molecule has 87 valence electrons. The molecular weight excluding hydrogens is 243 g/mol. The second kappa shape index (κ2) is 4.36. The Morgan fingerprint density at radius 1 is 1.07 bits per heavy atom. The van der Waals surface area contributed by atoms with Crippen LogP contribution in [0.25, 0.3) is 0 Å². The second-order valence-corrected chi connectivity index (χ2v) is 10.6. The van der Waals surface area contributed by atoms with E-state index in [1.54, 1.807) is 5.31 Å². The van der Waals surface area contributed by atoms with Crippen LogP contribution in [0, 0.1) is 0 Å². The quantitative estimate of drug-likeness (QED) is 0.469. The van der Waals surface area contributed by atoms with Crippen molar-refractivity contribution in [2.75, 3.05) is 0 Å². The van der Waals surface area contributed by atoms with E-state index in [2.05, 4.69) is 75.8 Å². The first-order chi connectivity index (χ1) is 6.64. The van der Waals surface area contributed by atoms with Crippen molar-refractivity contribution in [3.8, 4) is 0 Å². The van der Waals surface area contributed by atoms with Crippen LogP contribution in [-0.2, 0) is 16.0 Å². The Hall–Kier alpha value is 0.429. The van der Waals surface area contributed by atoms with Gasteiger partial charge in [-0.3, -0.25) is 0 Å². The first kappa shape index (κ1) is 13.5. The van der Waals surface area contributed by atoms with Crippen molar-refractivity contribution < 1.29 is 16.0 Å². The van der Waals surface area contributed by atoms with E-state index in [1.165, 1.54) is 0 Å². The van der Waals surface area contributed by atoms with Gasteiger partial charge in [0.15, 0.2) is 0 Å². The number of allylic oxidation sites excluding steroid dienone is 4. The molecule has 0 bridgehead atoms. The monoisotopic (exact) mass is 265 g/mol. The summed E-state index contributed by atoms with van der Waals surface area (Å²) >= 11 is 4.23. The molecule has 15 heavy (non-hydrogen) atoms. The molecule has 0 nitrogen and oxygen atoms in total. The van der Waals surface area contributed by atoms with Gasteiger partial charge in [-0.2, -0.15) is 0 Å². The van der Waals surface area contributed by atoms with Gasteiger partial charge in [0.1, 0.15) is 0 Å². The van der Waals surface area contributed by atoms with Crippen LogP contribution in [0.4, 0.5) is 0 Å². The fourth-order valence-corrected chi connectivity index (χ4v) is 7.19. The Morgan fingerprint density at radius 2 is 1.53 bits per heavy atom. The summed E-state index contributed by atoms with van der Waals surface area (Å²) < 4.78 is 0. The van der Waals surface area contributed by atoms with Crippen molar-refractivity contribution in [3.05, 3.63) is 23.5 Å². The minimum atomic E-state index is -0.147. The average molecular weight is 265 g/mol. The molecule has 1 rings (SSSR count). The molecule has 0 fully saturated rings. The third-order valence-corrected chi connectivity index (χ3v) is 6.83. The predicted molar refractivity (Wildman–Crippen MR) is 67.4 cm³/mol. The van der Waals surface area contributed by atoms with Crippen molar-refractivity contribution in [3.63, 3.8) is 0 Å². The van der Waals surface area contributed by atoms with Crippen molar-refractivity contribution in [2.24, 2.45) is 0 Å². The van der Waals surface area contributed by atoms with Gasteiger partial charge in [-0.1, -0.05) is 0 Å². The maximum atomic E-state index is 4.23. The van der Waals surface area contributed by atoms with Crippen LogP contribution in [-0.4, -0.2) is 10.3 Å². The molecule has 1 unspecified atom stereocenters. The Morgan fingerprint density at radius 3 is 1.80 bits per heavy atom. The molecule has 0 saturated heterocycles. The zero-order valence-electron chi connectivity index (χ0n) is 10.6. The molecule has 0 N–H and O–H groups in total. The molecule has 0 aromatic rings. The molecule has 0 spiro atoms. The van der Waals surface area contributed by atoms with Gasteiger partial charge in [0.25, 0.3) is 0 Å². The van der Waals surface area contributed by atoms with Crippen LogP contribution in [0.1, 0.15) is 41.5 Å². The zero-order valence-corrected chi connectivity index (χ0v) is 12.6. The first-order valence-electron chi connectivity index (χ1n) is 5.45. The van der Waals surface area contributed by atoms with Gasteiger partial charge in [-0.25, -0.2) is 0 Å². The van der Waals surface area contributed by atoms with Crippen LogP contribution in [0.2, 0.25) is 4.82 Å². The predicted octanol–water partition coefficient (Wildman–Crippen LogP) is 4.85. The van der Waals surface area contributed by atoms with E-state index in [4.69, 9.17) is 0 Å². The Bertz CT molecular complexity index is 275. The first-order valence-corrected chi connectivity index (χ1v) is 7.43. The fraction of sp³-hybridized carbons (Fsp3) is 0.692. The Balaban J connectivity index is 3.04. The van der Waals surface area contributed by atoms with Crippen molar-refractivity contribution in [1.82, 2.24) is 0 Å². The van der Waals surface area contributed by atoms with E-state index in [9.17, 15) is 0 Å². The maximum absolute atomic E-state index is 4.23.